The van der Waals surface area contributed by atoms with Crippen molar-refractivity contribution in [3.05, 3.63) is 59.4 Å². The second-order valence-electron chi connectivity index (χ2n) is 4.16. The summed E-state index contributed by atoms with van der Waals surface area (Å²) in [5, 5.41) is 2.50. The van der Waals surface area contributed by atoms with Gasteiger partial charge in [0.1, 0.15) is 0 Å². The van der Waals surface area contributed by atoms with Gasteiger partial charge >= 0.3 is 0 Å². The van der Waals surface area contributed by atoms with Gasteiger partial charge in [0, 0.05) is 23.6 Å². The van der Waals surface area contributed by atoms with Crippen LogP contribution in [0.2, 0.25) is 0 Å². The Balaban J connectivity index is 2.01. The van der Waals surface area contributed by atoms with E-state index in [-0.39, 0.29) is 18.0 Å². The Bertz CT molecular complexity index is 597. The number of hydrogen-bond donors (Lipinski definition) is 1. The number of anilines is 1. The van der Waals surface area contributed by atoms with Crippen molar-refractivity contribution in [2.75, 3.05) is 5.32 Å². The lowest BCUT2D eigenvalue weighted by Gasteiger charge is -2.05. The van der Waals surface area contributed by atoms with Crippen molar-refractivity contribution in [3.63, 3.8) is 0 Å². The first kappa shape index (κ1) is 13.1. The zero-order chi connectivity index (χ0) is 13.8. The van der Waals surface area contributed by atoms with E-state index < -0.39 is 11.6 Å². The molecule has 3 nitrogen and oxygen atoms in total. The molecule has 0 radical (unpaired) electrons. The van der Waals surface area contributed by atoms with Crippen molar-refractivity contribution in [2.45, 2.75) is 13.3 Å². The molecule has 0 spiro atoms. The zero-order valence-corrected chi connectivity index (χ0v) is 10.3. The number of pyridine rings is 1. The van der Waals surface area contributed by atoms with Crippen LogP contribution in [0.15, 0.2) is 36.5 Å². The largest absolute Gasteiger partial charge is 0.326 e. The van der Waals surface area contributed by atoms with E-state index in [0.29, 0.717) is 0 Å². The van der Waals surface area contributed by atoms with Gasteiger partial charge in [-0.3, -0.25) is 9.78 Å². The van der Waals surface area contributed by atoms with E-state index >= 15 is 0 Å². The number of nitrogens with one attached hydrogen (secondary N) is 1. The fourth-order valence-corrected chi connectivity index (χ4v) is 1.57. The van der Waals surface area contributed by atoms with Crippen LogP contribution in [0.3, 0.4) is 0 Å². The van der Waals surface area contributed by atoms with Crippen LogP contribution in [0.4, 0.5) is 14.5 Å². The van der Waals surface area contributed by atoms with Gasteiger partial charge < -0.3 is 5.32 Å². The normalized spacial score (nSPS) is 10.3. The van der Waals surface area contributed by atoms with Crippen LogP contribution in [-0.2, 0) is 11.2 Å². The molecule has 1 amide bonds. The first-order valence-electron chi connectivity index (χ1n) is 5.71. The molecule has 1 aromatic carbocycles. The zero-order valence-electron chi connectivity index (χ0n) is 10.3. The third-order valence-electron chi connectivity index (χ3n) is 2.54. The average molecular weight is 262 g/mol. The van der Waals surface area contributed by atoms with Gasteiger partial charge in [-0.25, -0.2) is 8.78 Å². The van der Waals surface area contributed by atoms with Crippen LogP contribution in [0.1, 0.15) is 11.3 Å². The molecule has 0 aliphatic rings. The van der Waals surface area contributed by atoms with Gasteiger partial charge in [-0.05, 0) is 30.7 Å². The summed E-state index contributed by atoms with van der Waals surface area (Å²) in [6.45, 7) is 1.85. The number of aryl methyl sites for hydroxylation is 1. The summed E-state index contributed by atoms with van der Waals surface area (Å²) in [4.78, 5) is 15.8. The van der Waals surface area contributed by atoms with Gasteiger partial charge in [0.05, 0.1) is 6.42 Å². The van der Waals surface area contributed by atoms with E-state index in [4.69, 9.17) is 0 Å². The SMILES string of the molecule is Cc1ccc(CC(=O)Nc2ccc(F)c(F)c2)cn1. The summed E-state index contributed by atoms with van der Waals surface area (Å²) in [6.07, 6.45) is 1.74. The van der Waals surface area contributed by atoms with Gasteiger partial charge in [-0.2, -0.15) is 0 Å². The van der Waals surface area contributed by atoms with Crippen LogP contribution >= 0.6 is 0 Å². The lowest BCUT2D eigenvalue weighted by Crippen LogP contribution is -2.14. The molecule has 0 saturated carbocycles. The van der Waals surface area contributed by atoms with Gasteiger partial charge in [0.25, 0.3) is 0 Å². The molecule has 2 rings (SSSR count). The van der Waals surface area contributed by atoms with Crippen LogP contribution in [0.5, 0.6) is 0 Å². The molecule has 1 aromatic heterocycles. The summed E-state index contributed by atoms with van der Waals surface area (Å²) >= 11 is 0. The quantitative estimate of drug-likeness (QED) is 0.924. The Morgan fingerprint density at radius 2 is 2.00 bits per heavy atom. The number of amides is 1. The highest BCUT2D eigenvalue weighted by atomic mass is 19.2. The maximum atomic E-state index is 13.0. The molecule has 0 unspecified atom stereocenters. The molecular formula is C14H12F2N2O. The minimum absolute atomic E-state index is 0.131. The molecule has 0 saturated heterocycles. The van der Waals surface area contributed by atoms with Crippen molar-refractivity contribution in [3.8, 4) is 0 Å². The number of carbonyl (C=O) groups excluding carboxylic acids is 1. The summed E-state index contributed by atoms with van der Waals surface area (Å²) in [6, 6.07) is 6.83. The van der Waals surface area contributed by atoms with E-state index in [9.17, 15) is 13.6 Å². The van der Waals surface area contributed by atoms with Crippen LogP contribution in [0, 0.1) is 18.6 Å². The number of hydrogen-bond acceptors (Lipinski definition) is 2. The van der Waals surface area contributed by atoms with Gasteiger partial charge in [-0.15, -0.1) is 0 Å². The van der Waals surface area contributed by atoms with E-state index in [0.717, 1.165) is 23.4 Å². The minimum Gasteiger partial charge on any atom is -0.326 e. The van der Waals surface area contributed by atoms with E-state index in [1.54, 1.807) is 18.3 Å². The lowest BCUT2D eigenvalue weighted by molar-refractivity contribution is -0.115. The fourth-order valence-electron chi connectivity index (χ4n) is 1.57. The van der Waals surface area contributed by atoms with Gasteiger partial charge in [0.15, 0.2) is 11.6 Å². The molecule has 5 heteroatoms. The minimum atomic E-state index is -0.991. The highest BCUT2D eigenvalue weighted by molar-refractivity contribution is 5.92. The smallest absolute Gasteiger partial charge is 0.228 e. The molecule has 0 aliphatic carbocycles. The Hall–Kier alpha value is -2.30. The molecule has 0 fully saturated rings. The molecule has 0 atom stereocenters. The maximum Gasteiger partial charge on any atom is 0.228 e. The fraction of sp³-hybridized carbons (Fsp3) is 0.143. The Kier molecular flexibility index (Phi) is 3.85. The molecule has 19 heavy (non-hydrogen) atoms. The van der Waals surface area contributed by atoms with Crippen molar-refractivity contribution in [2.24, 2.45) is 0 Å². The van der Waals surface area contributed by atoms with E-state index in [1.165, 1.54) is 6.07 Å². The number of aromatic nitrogens is 1. The molecule has 0 aliphatic heterocycles. The summed E-state index contributed by atoms with van der Waals surface area (Å²) in [7, 11) is 0. The standard InChI is InChI=1S/C14H12F2N2O/c1-9-2-3-10(8-17-9)6-14(19)18-11-4-5-12(15)13(16)7-11/h2-5,7-8H,6H2,1H3,(H,18,19). The number of nitrogens with zero attached hydrogens (tertiary/aromatic N) is 1. The van der Waals surface area contributed by atoms with E-state index in [2.05, 4.69) is 10.3 Å². The molecule has 1 N–H and O–H groups in total. The number of halogens is 2. The predicted molar refractivity (Wildman–Crippen MR) is 67.7 cm³/mol. The third-order valence-corrected chi connectivity index (χ3v) is 2.54. The molecule has 98 valence electrons. The first-order chi connectivity index (χ1) is 9.04. The highest BCUT2D eigenvalue weighted by Gasteiger charge is 2.07. The van der Waals surface area contributed by atoms with Crippen LogP contribution in [-0.4, -0.2) is 10.9 Å². The number of rotatable bonds is 3. The Morgan fingerprint density at radius 3 is 2.63 bits per heavy atom. The van der Waals surface area contributed by atoms with Crippen molar-refractivity contribution >= 4 is 11.6 Å². The maximum absolute atomic E-state index is 13.0. The van der Waals surface area contributed by atoms with Crippen LogP contribution < -0.4 is 5.32 Å². The summed E-state index contributed by atoms with van der Waals surface area (Å²) in [5.74, 6) is -2.24. The highest BCUT2D eigenvalue weighted by Crippen LogP contribution is 2.13. The molecule has 2 aromatic rings. The van der Waals surface area contributed by atoms with Crippen molar-refractivity contribution in [1.82, 2.24) is 4.98 Å². The monoisotopic (exact) mass is 262 g/mol. The molecular weight excluding hydrogens is 250 g/mol. The number of benzene rings is 1. The van der Waals surface area contributed by atoms with E-state index in [1.807, 2.05) is 6.92 Å². The van der Waals surface area contributed by atoms with Crippen molar-refractivity contribution < 1.29 is 13.6 Å². The number of carbonyl (C=O) groups is 1. The predicted octanol–water partition coefficient (Wildman–Crippen LogP) is 2.85. The molecule has 1 heterocycles. The lowest BCUT2D eigenvalue weighted by atomic mass is 10.2. The Labute approximate surface area is 109 Å². The van der Waals surface area contributed by atoms with Gasteiger partial charge in [-0.1, -0.05) is 6.07 Å². The first-order valence-corrected chi connectivity index (χ1v) is 5.71. The Morgan fingerprint density at radius 1 is 1.21 bits per heavy atom. The molecule has 0 bridgehead atoms. The van der Waals surface area contributed by atoms with Crippen molar-refractivity contribution in [1.29, 1.82) is 0 Å². The second-order valence-corrected chi connectivity index (χ2v) is 4.16. The second kappa shape index (κ2) is 5.56. The topological polar surface area (TPSA) is 42.0 Å². The van der Waals surface area contributed by atoms with Gasteiger partial charge in [0.2, 0.25) is 5.91 Å². The summed E-state index contributed by atoms with van der Waals surface area (Å²) < 4.78 is 25.7. The average Bonchev–Trinajstić information content (AvgIpc) is 2.37. The van der Waals surface area contributed by atoms with Crippen LogP contribution in [0.25, 0.3) is 0 Å². The third kappa shape index (κ3) is 3.58. The summed E-state index contributed by atoms with van der Waals surface area (Å²) in [5.41, 5.74) is 1.85.